The standard InChI is InChI=1S/C12H13ClN2OS/c13-8-3-4-10-11(6-8)17-12(14-10)15-5-1-2-9(15)7-16/h3-4,6,9,16H,1-2,5,7H2/t9-/m0/s1. The van der Waals surface area contributed by atoms with Crippen LogP contribution in [0, 0.1) is 0 Å². The van der Waals surface area contributed by atoms with Crippen LogP contribution in [0.1, 0.15) is 12.8 Å². The van der Waals surface area contributed by atoms with Crippen LogP contribution < -0.4 is 4.90 Å². The van der Waals surface area contributed by atoms with Crippen LogP contribution in [0.4, 0.5) is 5.13 Å². The lowest BCUT2D eigenvalue weighted by Gasteiger charge is -2.21. The van der Waals surface area contributed by atoms with E-state index in [4.69, 9.17) is 11.6 Å². The molecule has 17 heavy (non-hydrogen) atoms. The molecule has 2 aromatic rings. The molecule has 0 unspecified atom stereocenters. The van der Waals surface area contributed by atoms with Crippen LogP contribution >= 0.6 is 22.9 Å². The van der Waals surface area contributed by atoms with E-state index < -0.39 is 0 Å². The van der Waals surface area contributed by atoms with E-state index in [1.165, 1.54) is 0 Å². The molecule has 90 valence electrons. The molecule has 1 atom stereocenters. The highest BCUT2D eigenvalue weighted by molar-refractivity contribution is 7.22. The second-order valence-corrected chi connectivity index (χ2v) is 5.73. The summed E-state index contributed by atoms with van der Waals surface area (Å²) >= 11 is 7.62. The molecule has 0 saturated carbocycles. The first-order valence-electron chi connectivity index (χ1n) is 5.71. The quantitative estimate of drug-likeness (QED) is 0.910. The van der Waals surface area contributed by atoms with E-state index in [2.05, 4.69) is 9.88 Å². The highest BCUT2D eigenvalue weighted by Gasteiger charge is 2.26. The van der Waals surface area contributed by atoms with Crippen LogP contribution in [0.15, 0.2) is 18.2 Å². The number of halogens is 1. The van der Waals surface area contributed by atoms with E-state index in [-0.39, 0.29) is 12.6 Å². The Morgan fingerprint density at radius 1 is 1.53 bits per heavy atom. The Kier molecular flexibility index (Phi) is 2.94. The van der Waals surface area contributed by atoms with Gasteiger partial charge in [-0.25, -0.2) is 4.98 Å². The lowest BCUT2D eigenvalue weighted by atomic mass is 10.2. The summed E-state index contributed by atoms with van der Waals surface area (Å²) in [4.78, 5) is 6.82. The Balaban J connectivity index is 2.00. The summed E-state index contributed by atoms with van der Waals surface area (Å²) in [6, 6.07) is 5.98. The topological polar surface area (TPSA) is 36.4 Å². The fourth-order valence-corrected chi connectivity index (χ4v) is 3.63. The first-order chi connectivity index (χ1) is 8.28. The molecule has 0 bridgehead atoms. The number of fused-ring (bicyclic) bond motifs is 1. The lowest BCUT2D eigenvalue weighted by molar-refractivity contribution is 0.266. The summed E-state index contributed by atoms with van der Waals surface area (Å²) in [6.45, 7) is 1.19. The molecular weight excluding hydrogens is 256 g/mol. The first-order valence-corrected chi connectivity index (χ1v) is 6.91. The monoisotopic (exact) mass is 268 g/mol. The minimum Gasteiger partial charge on any atom is -0.394 e. The Labute approximate surface area is 109 Å². The third-order valence-corrected chi connectivity index (χ3v) is 4.46. The van der Waals surface area contributed by atoms with Crippen LogP contribution in [0.5, 0.6) is 0 Å². The zero-order valence-electron chi connectivity index (χ0n) is 9.27. The van der Waals surface area contributed by atoms with Crippen molar-refractivity contribution in [1.82, 2.24) is 4.98 Å². The van der Waals surface area contributed by atoms with Crippen molar-refractivity contribution in [3.63, 3.8) is 0 Å². The zero-order valence-corrected chi connectivity index (χ0v) is 10.8. The van der Waals surface area contributed by atoms with E-state index in [0.717, 1.165) is 39.8 Å². The molecule has 3 rings (SSSR count). The fraction of sp³-hybridized carbons (Fsp3) is 0.417. The molecule has 1 aliphatic heterocycles. The molecule has 1 aliphatic rings. The number of hydrogen-bond donors (Lipinski definition) is 1. The smallest absolute Gasteiger partial charge is 0.186 e. The number of thiazole rings is 1. The predicted octanol–water partition coefficient (Wildman–Crippen LogP) is 2.91. The summed E-state index contributed by atoms with van der Waals surface area (Å²) in [6.07, 6.45) is 2.18. The zero-order chi connectivity index (χ0) is 11.8. The molecule has 1 fully saturated rings. The van der Waals surface area contributed by atoms with Crippen molar-refractivity contribution >= 4 is 38.3 Å². The molecule has 0 spiro atoms. The van der Waals surface area contributed by atoms with Crippen LogP contribution in [-0.2, 0) is 0 Å². The van der Waals surface area contributed by atoms with Gasteiger partial charge in [-0.05, 0) is 31.0 Å². The van der Waals surface area contributed by atoms with Gasteiger partial charge in [-0.2, -0.15) is 0 Å². The molecule has 2 heterocycles. The van der Waals surface area contributed by atoms with Gasteiger partial charge in [0.25, 0.3) is 0 Å². The van der Waals surface area contributed by atoms with Gasteiger partial charge in [-0.15, -0.1) is 0 Å². The van der Waals surface area contributed by atoms with Crippen molar-refractivity contribution in [3.8, 4) is 0 Å². The average molecular weight is 269 g/mol. The van der Waals surface area contributed by atoms with Crippen LogP contribution in [-0.4, -0.2) is 29.3 Å². The van der Waals surface area contributed by atoms with Crippen molar-refractivity contribution in [1.29, 1.82) is 0 Å². The largest absolute Gasteiger partial charge is 0.394 e. The maximum Gasteiger partial charge on any atom is 0.186 e. The molecular formula is C12H13ClN2OS. The highest BCUT2D eigenvalue weighted by atomic mass is 35.5. The van der Waals surface area contributed by atoms with Gasteiger partial charge >= 0.3 is 0 Å². The molecule has 3 nitrogen and oxygen atoms in total. The summed E-state index contributed by atoms with van der Waals surface area (Å²) in [5.74, 6) is 0. The number of hydrogen-bond acceptors (Lipinski definition) is 4. The summed E-state index contributed by atoms with van der Waals surface area (Å²) in [5.41, 5.74) is 0.984. The molecule has 1 N–H and O–H groups in total. The van der Waals surface area contributed by atoms with Gasteiger partial charge < -0.3 is 10.0 Å². The number of aliphatic hydroxyl groups is 1. The third-order valence-electron chi connectivity index (χ3n) is 3.17. The Morgan fingerprint density at radius 3 is 3.24 bits per heavy atom. The molecule has 0 amide bonds. The number of benzene rings is 1. The van der Waals surface area contributed by atoms with Crippen molar-refractivity contribution in [2.24, 2.45) is 0 Å². The Morgan fingerprint density at radius 2 is 2.41 bits per heavy atom. The third kappa shape index (κ3) is 2.01. The second-order valence-electron chi connectivity index (χ2n) is 4.28. The van der Waals surface area contributed by atoms with Gasteiger partial charge in [-0.1, -0.05) is 22.9 Å². The van der Waals surface area contributed by atoms with Crippen LogP contribution in [0.2, 0.25) is 5.02 Å². The van der Waals surface area contributed by atoms with Crippen LogP contribution in [0.25, 0.3) is 10.2 Å². The maximum atomic E-state index is 9.33. The molecule has 1 aromatic heterocycles. The predicted molar refractivity (Wildman–Crippen MR) is 72.1 cm³/mol. The molecule has 0 radical (unpaired) electrons. The van der Waals surface area contributed by atoms with E-state index in [1.54, 1.807) is 11.3 Å². The molecule has 0 aliphatic carbocycles. The SMILES string of the molecule is OC[C@@H]1CCCN1c1nc2ccc(Cl)cc2s1. The van der Waals surface area contributed by atoms with Gasteiger partial charge in [0.15, 0.2) is 5.13 Å². The number of aromatic nitrogens is 1. The fourth-order valence-electron chi connectivity index (χ4n) is 2.29. The Bertz CT molecular complexity index is 542. The van der Waals surface area contributed by atoms with E-state index in [0.29, 0.717) is 0 Å². The van der Waals surface area contributed by atoms with Crippen molar-refractivity contribution in [2.75, 3.05) is 18.1 Å². The molecule has 1 saturated heterocycles. The first kappa shape index (κ1) is 11.3. The van der Waals surface area contributed by atoms with E-state index >= 15 is 0 Å². The number of anilines is 1. The number of nitrogens with zero attached hydrogens (tertiary/aromatic N) is 2. The van der Waals surface area contributed by atoms with E-state index in [1.807, 2.05) is 18.2 Å². The highest BCUT2D eigenvalue weighted by Crippen LogP contribution is 2.34. The molecule has 1 aromatic carbocycles. The van der Waals surface area contributed by atoms with Crippen molar-refractivity contribution in [3.05, 3.63) is 23.2 Å². The van der Waals surface area contributed by atoms with Gasteiger partial charge in [0.2, 0.25) is 0 Å². The minimum absolute atomic E-state index is 0.205. The van der Waals surface area contributed by atoms with Gasteiger partial charge in [0, 0.05) is 11.6 Å². The summed E-state index contributed by atoms with van der Waals surface area (Å²) in [7, 11) is 0. The van der Waals surface area contributed by atoms with Gasteiger partial charge in [-0.3, -0.25) is 0 Å². The van der Waals surface area contributed by atoms with Crippen molar-refractivity contribution in [2.45, 2.75) is 18.9 Å². The van der Waals surface area contributed by atoms with Crippen LogP contribution in [0.3, 0.4) is 0 Å². The molecule has 5 heteroatoms. The normalized spacial score (nSPS) is 20.4. The second kappa shape index (κ2) is 4.44. The van der Waals surface area contributed by atoms with E-state index in [9.17, 15) is 5.11 Å². The number of aliphatic hydroxyl groups excluding tert-OH is 1. The Hall–Kier alpha value is -0.840. The minimum atomic E-state index is 0.205. The summed E-state index contributed by atoms with van der Waals surface area (Å²) < 4.78 is 1.11. The van der Waals surface area contributed by atoms with Gasteiger partial charge in [0.05, 0.1) is 22.9 Å². The summed E-state index contributed by atoms with van der Waals surface area (Å²) in [5, 5.41) is 11.1. The number of rotatable bonds is 2. The van der Waals surface area contributed by atoms with Crippen molar-refractivity contribution < 1.29 is 5.11 Å². The maximum absolute atomic E-state index is 9.33. The average Bonchev–Trinajstić information content (AvgIpc) is 2.93. The van der Waals surface area contributed by atoms with Gasteiger partial charge in [0.1, 0.15) is 0 Å². The lowest BCUT2D eigenvalue weighted by Crippen LogP contribution is -2.31.